The van der Waals surface area contributed by atoms with Crippen molar-refractivity contribution in [2.45, 2.75) is 30.1 Å². The summed E-state index contributed by atoms with van der Waals surface area (Å²) in [5, 5.41) is 12.7. The number of phenolic OH excluding ortho intramolecular Hbond substituents is 1. The third-order valence-corrected chi connectivity index (χ3v) is 9.25. The van der Waals surface area contributed by atoms with Crippen molar-refractivity contribution in [2.75, 3.05) is 10.8 Å². The average Bonchev–Trinajstić information content (AvgIpc) is 3.70. The zero-order valence-corrected chi connectivity index (χ0v) is 21.6. The number of hydrogen-bond acceptors (Lipinski definition) is 6. The van der Waals surface area contributed by atoms with Gasteiger partial charge < -0.3 is 9.84 Å². The molecule has 0 unspecified atom stereocenters. The molecule has 2 aliphatic rings. The number of halogens is 3. The van der Waals surface area contributed by atoms with Gasteiger partial charge in [0.2, 0.25) is 10.0 Å². The Morgan fingerprint density at radius 1 is 0.950 bits per heavy atom. The highest BCUT2D eigenvalue weighted by Crippen LogP contribution is 2.51. The Morgan fingerprint density at radius 2 is 1.60 bits per heavy atom. The van der Waals surface area contributed by atoms with E-state index < -0.39 is 40.2 Å². The van der Waals surface area contributed by atoms with Crippen LogP contribution in [-0.2, 0) is 14.8 Å². The minimum atomic E-state index is -4.76. The van der Waals surface area contributed by atoms with E-state index in [2.05, 4.69) is 10.1 Å². The predicted molar refractivity (Wildman–Crippen MR) is 142 cm³/mol. The summed E-state index contributed by atoms with van der Waals surface area (Å²) in [6.07, 6.45) is -3.49. The molecule has 206 valence electrons. The van der Waals surface area contributed by atoms with Gasteiger partial charge in [-0.3, -0.25) is 4.31 Å². The van der Waals surface area contributed by atoms with E-state index in [0.29, 0.717) is 15.4 Å². The monoisotopic (exact) mass is 568 g/mol. The second kappa shape index (κ2) is 9.79. The Bertz CT molecular complexity index is 1640. The number of fused-ring (bicyclic) bond motifs is 2. The number of para-hydroxylation sites is 1. The van der Waals surface area contributed by atoms with E-state index in [-0.39, 0.29) is 17.9 Å². The van der Waals surface area contributed by atoms with E-state index in [1.54, 1.807) is 47.1 Å². The van der Waals surface area contributed by atoms with Crippen LogP contribution in [0.2, 0.25) is 0 Å². The standard InChI is InChI=1S/C28H23F3N4O4S/c29-28(30,31)15-35(21-4-2-1-3-5-21)40(37,38)24-14-23-25(18-8-12-22(36)13-9-18)26(27(24)39-23)19-6-10-20(11-7-19)34-17-32-16-33-34/h1-13,16-17,23-24,27,36H,14-15H2/t23-,24+,27+/m0/s1. The molecular weight excluding hydrogens is 545 g/mol. The summed E-state index contributed by atoms with van der Waals surface area (Å²) in [6.45, 7) is -1.65. The van der Waals surface area contributed by atoms with Crippen molar-refractivity contribution in [1.29, 1.82) is 0 Å². The molecule has 4 aromatic rings. The Kier molecular flexibility index (Phi) is 6.38. The summed E-state index contributed by atoms with van der Waals surface area (Å²) in [6, 6.07) is 20.9. The number of sulfonamides is 1. The molecule has 0 amide bonds. The van der Waals surface area contributed by atoms with Gasteiger partial charge >= 0.3 is 6.18 Å². The molecule has 3 heterocycles. The number of alkyl halides is 3. The van der Waals surface area contributed by atoms with Crippen LogP contribution in [0, 0.1) is 0 Å². The molecule has 1 aromatic heterocycles. The molecule has 2 aliphatic heterocycles. The first-order valence-corrected chi connectivity index (χ1v) is 13.9. The lowest BCUT2D eigenvalue weighted by Crippen LogP contribution is -2.47. The Morgan fingerprint density at radius 3 is 2.23 bits per heavy atom. The predicted octanol–water partition coefficient (Wildman–Crippen LogP) is 4.82. The van der Waals surface area contributed by atoms with Crippen LogP contribution in [0.3, 0.4) is 0 Å². The van der Waals surface area contributed by atoms with Gasteiger partial charge in [0.25, 0.3) is 0 Å². The molecule has 3 atom stereocenters. The number of rotatable bonds is 7. The van der Waals surface area contributed by atoms with Crippen LogP contribution in [-0.4, -0.2) is 58.5 Å². The molecule has 2 bridgehead atoms. The quantitative estimate of drug-likeness (QED) is 0.343. The lowest BCUT2D eigenvalue weighted by atomic mass is 9.83. The Hall–Kier alpha value is -4.16. The van der Waals surface area contributed by atoms with Crippen LogP contribution in [0.15, 0.2) is 91.5 Å². The zero-order chi connectivity index (χ0) is 28.1. The van der Waals surface area contributed by atoms with Gasteiger partial charge in [0.05, 0.1) is 17.5 Å². The number of phenols is 1. The normalized spacial score (nSPS) is 20.7. The molecule has 1 saturated heterocycles. The molecule has 12 heteroatoms. The molecule has 0 radical (unpaired) electrons. The fraction of sp³-hybridized carbons (Fsp3) is 0.214. The van der Waals surface area contributed by atoms with Crippen molar-refractivity contribution in [2.24, 2.45) is 0 Å². The van der Waals surface area contributed by atoms with Crippen LogP contribution in [0.25, 0.3) is 16.8 Å². The van der Waals surface area contributed by atoms with Crippen LogP contribution < -0.4 is 4.31 Å². The smallest absolute Gasteiger partial charge is 0.407 e. The van der Waals surface area contributed by atoms with Crippen LogP contribution in [0.4, 0.5) is 18.9 Å². The largest absolute Gasteiger partial charge is 0.508 e. The number of aromatic nitrogens is 3. The van der Waals surface area contributed by atoms with Gasteiger partial charge in [-0.15, -0.1) is 0 Å². The van der Waals surface area contributed by atoms with Crippen molar-refractivity contribution >= 4 is 26.9 Å². The van der Waals surface area contributed by atoms with E-state index in [1.807, 2.05) is 0 Å². The summed E-state index contributed by atoms with van der Waals surface area (Å²) >= 11 is 0. The SMILES string of the molecule is O=S(=O)([C@@H]1C[C@@H]2O[C@H]1C(c1ccc(-n3cncn3)cc1)=C2c1ccc(O)cc1)N(CC(F)(F)F)c1ccccc1. The number of nitrogens with zero attached hydrogens (tertiary/aromatic N) is 4. The maximum absolute atomic E-state index is 13.9. The van der Waals surface area contributed by atoms with Gasteiger partial charge in [0, 0.05) is 0 Å². The number of benzene rings is 3. The lowest BCUT2D eigenvalue weighted by Gasteiger charge is -2.32. The maximum Gasteiger partial charge on any atom is 0.407 e. The molecule has 3 aromatic carbocycles. The lowest BCUT2D eigenvalue weighted by molar-refractivity contribution is -0.117. The average molecular weight is 569 g/mol. The molecular formula is C28H23F3N4O4S. The van der Waals surface area contributed by atoms with Crippen LogP contribution in [0.1, 0.15) is 17.5 Å². The van der Waals surface area contributed by atoms with Gasteiger partial charge in [-0.25, -0.2) is 18.1 Å². The minimum absolute atomic E-state index is 0.00899. The Balaban J connectivity index is 1.44. The van der Waals surface area contributed by atoms with Crippen molar-refractivity contribution in [3.05, 3.63) is 103 Å². The van der Waals surface area contributed by atoms with Crippen molar-refractivity contribution in [3.8, 4) is 11.4 Å². The van der Waals surface area contributed by atoms with E-state index in [9.17, 15) is 26.7 Å². The van der Waals surface area contributed by atoms with Gasteiger partial charge in [0.1, 0.15) is 36.3 Å². The number of ether oxygens (including phenoxy) is 1. The highest BCUT2D eigenvalue weighted by Gasteiger charge is 2.55. The summed E-state index contributed by atoms with van der Waals surface area (Å²) < 4.78 is 77.0. The van der Waals surface area contributed by atoms with Gasteiger partial charge in [-0.2, -0.15) is 18.3 Å². The molecule has 0 aliphatic carbocycles. The van der Waals surface area contributed by atoms with Gasteiger partial charge in [0.15, 0.2) is 0 Å². The molecule has 1 N–H and O–H groups in total. The van der Waals surface area contributed by atoms with Crippen LogP contribution >= 0.6 is 0 Å². The van der Waals surface area contributed by atoms with E-state index in [0.717, 1.165) is 16.8 Å². The van der Waals surface area contributed by atoms with E-state index in [4.69, 9.17) is 4.74 Å². The van der Waals surface area contributed by atoms with E-state index >= 15 is 0 Å². The summed E-state index contributed by atoms with van der Waals surface area (Å²) in [5.74, 6) is 0.0678. The summed E-state index contributed by atoms with van der Waals surface area (Å²) in [5.41, 5.74) is 3.38. The molecule has 0 spiro atoms. The fourth-order valence-electron chi connectivity index (χ4n) is 5.39. The third-order valence-electron chi connectivity index (χ3n) is 7.09. The maximum atomic E-state index is 13.9. The van der Waals surface area contributed by atoms with Crippen LogP contribution in [0.5, 0.6) is 5.75 Å². The molecule has 6 rings (SSSR count). The highest BCUT2D eigenvalue weighted by molar-refractivity contribution is 7.93. The summed E-state index contributed by atoms with van der Waals surface area (Å²) in [7, 11) is -4.52. The number of aromatic hydroxyl groups is 1. The molecule has 1 fully saturated rings. The molecule has 40 heavy (non-hydrogen) atoms. The van der Waals surface area contributed by atoms with Gasteiger partial charge in [-0.05, 0) is 65.1 Å². The number of hydrogen-bond donors (Lipinski definition) is 1. The third kappa shape index (κ3) is 4.73. The number of anilines is 1. The highest BCUT2D eigenvalue weighted by atomic mass is 32.2. The van der Waals surface area contributed by atoms with Crippen molar-refractivity contribution in [3.63, 3.8) is 0 Å². The van der Waals surface area contributed by atoms with Gasteiger partial charge in [-0.1, -0.05) is 42.5 Å². The van der Waals surface area contributed by atoms with Crippen molar-refractivity contribution in [1.82, 2.24) is 14.8 Å². The topological polar surface area (TPSA) is 97.6 Å². The second-order valence-corrected chi connectivity index (χ2v) is 11.7. The Labute approximate surface area is 228 Å². The minimum Gasteiger partial charge on any atom is -0.508 e. The first kappa shape index (κ1) is 26.1. The zero-order valence-electron chi connectivity index (χ0n) is 20.8. The van der Waals surface area contributed by atoms with E-state index in [1.165, 1.54) is 49.1 Å². The first-order valence-electron chi connectivity index (χ1n) is 12.4. The molecule has 8 nitrogen and oxygen atoms in total. The van der Waals surface area contributed by atoms with Crippen molar-refractivity contribution < 1.29 is 31.4 Å². The first-order chi connectivity index (χ1) is 19.1. The summed E-state index contributed by atoms with van der Waals surface area (Å²) in [4.78, 5) is 3.94. The second-order valence-electron chi connectivity index (χ2n) is 9.58. The fourth-order valence-corrected chi connectivity index (χ4v) is 7.38. The molecule has 0 saturated carbocycles.